The number of carbonyl (C=O) groups excluding carboxylic acids is 1. The lowest BCUT2D eigenvalue weighted by Crippen LogP contribution is -2.31. The maximum atomic E-state index is 12.2. The summed E-state index contributed by atoms with van der Waals surface area (Å²) in [7, 11) is 0. The van der Waals surface area contributed by atoms with Crippen molar-refractivity contribution in [1.29, 1.82) is 0 Å². The molecule has 0 unspecified atom stereocenters. The maximum absolute atomic E-state index is 12.2. The minimum Gasteiger partial charge on any atom is -0.442 e. The molecular weight excluding hydrogens is 355 g/mol. The van der Waals surface area contributed by atoms with Gasteiger partial charge in [0.1, 0.15) is 9.30 Å². The van der Waals surface area contributed by atoms with Crippen LogP contribution in [0, 0.1) is 9.12 Å². The molecule has 4 nitrogen and oxygen atoms in total. The predicted octanol–water partition coefficient (Wildman–Crippen LogP) is 3.79. The number of ether oxygens (including phenoxy) is 1. The Morgan fingerprint density at radius 1 is 1.42 bits per heavy atom. The van der Waals surface area contributed by atoms with Gasteiger partial charge in [0.25, 0.3) is 0 Å². The molecule has 0 aliphatic heterocycles. The van der Waals surface area contributed by atoms with Crippen molar-refractivity contribution in [3.63, 3.8) is 0 Å². The van der Waals surface area contributed by atoms with Gasteiger partial charge in [0.15, 0.2) is 0 Å². The molecule has 1 aromatic rings. The zero-order valence-corrected chi connectivity index (χ0v) is 14.4. The Labute approximate surface area is 128 Å². The maximum Gasteiger partial charge on any atom is 0.435 e. The molecule has 0 spiro atoms. The fourth-order valence-electron chi connectivity index (χ4n) is 2.35. The Morgan fingerprint density at radius 2 is 2.05 bits per heavy atom. The SMILES string of the molecule is CC1(C)CCc2c(I)nn(C(=O)OC(C)(C)C)c2C1. The molecule has 0 radical (unpaired) electrons. The third kappa shape index (κ3) is 3.30. The van der Waals surface area contributed by atoms with E-state index in [0.29, 0.717) is 0 Å². The molecule has 0 N–H and O–H groups in total. The summed E-state index contributed by atoms with van der Waals surface area (Å²) >= 11 is 2.21. The Balaban J connectivity index is 2.36. The molecule has 0 bridgehead atoms. The number of aromatic nitrogens is 2. The van der Waals surface area contributed by atoms with Gasteiger partial charge < -0.3 is 4.74 Å². The van der Waals surface area contributed by atoms with E-state index in [2.05, 4.69) is 41.5 Å². The number of fused-ring (bicyclic) bond motifs is 1. The van der Waals surface area contributed by atoms with Crippen LogP contribution >= 0.6 is 22.6 Å². The minimum atomic E-state index is -0.495. The molecule has 1 aliphatic carbocycles. The van der Waals surface area contributed by atoms with Gasteiger partial charge in [-0.2, -0.15) is 9.78 Å². The van der Waals surface area contributed by atoms with Crippen LogP contribution < -0.4 is 0 Å². The van der Waals surface area contributed by atoms with E-state index < -0.39 is 5.60 Å². The van der Waals surface area contributed by atoms with Crippen LogP contribution in [0.2, 0.25) is 0 Å². The molecule has 19 heavy (non-hydrogen) atoms. The average molecular weight is 376 g/mol. The van der Waals surface area contributed by atoms with Crippen LogP contribution in [-0.2, 0) is 17.6 Å². The first-order valence-corrected chi connectivity index (χ1v) is 7.67. The number of carbonyl (C=O) groups is 1. The third-order valence-electron chi connectivity index (χ3n) is 3.31. The van der Waals surface area contributed by atoms with Gasteiger partial charge in [0.05, 0.1) is 5.69 Å². The van der Waals surface area contributed by atoms with Crippen LogP contribution in [-0.4, -0.2) is 21.5 Å². The average Bonchev–Trinajstić information content (AvgIpc) is 2.51. The highest BCUT2D eigenvalue weighted by molar-refractivity contribution is 14.1. The van der Waals surface area contributed by atoms with Crippen molar-refractivity contribution < 1.29 is 9.53 Å². The number of hydrogen-bond donors (Lipinski definition) is 0. The van der Waals surface area contributed by atoms with Crippen molar-refractivity contribution in [1.82, 2.24) is 9.78 Å². The summed E-state index contributed by atoms with van der Waals surface area (Å²) in [5.74, 6) is 0. The Bertz CT molecular complexity index is 512. The first-order chi connectivity index (χ1) is 8.59. The van der Waals surface area contributed by atoms with E-state index in [1.54, 1.807) is 0 Å². The predicted molar refractivity (Wildman–Crippen MR) is 82.4 cm³/mol. The standard InChI is InChI=1S/C14H21IN2O2/c1-13(2,3)19-12(18)17-10-8-14(4,5)7-6-9(10)11(15)16-17/h6-8H2,1-5H3. The summed E-state index contributed by atoms with van der Waals surface area (Å²) in [4.78, 5) is 12.2. The van der Waals surface area contributed by atoms with E-state index >= 15 is 0 Å². The molecule has 2 rings (SSSR count). The highest BCUT2D eigenvalue weighted by Gasteiger charge is 2.33. The summed E-state index contributed by atoms with van der Waals surface area (Å²) in [5.41, 5.74) is 1.96. The molecule has 5 heteroatoms. The van der Waals surface area contributed by atoms with Gasteiger partial charge in [-0.3, -0.25) is 0 Å². The number of hydrogen-bond acceptors (Lipinski definition) is 3. The lowest BCUT2D eigenvalue weighted by molar-refractivity contribution is 0.0505. The minimum absolute atomic E-state index is 0.218. The molecule has 106 valence electrons. The molecule has 1 aliphatic rings. The van der Waals surface area contributed by atoms with Gasteiger partial charge in [-0.15, -0.1) is 0 Å². The quantitative estimate of drug-likeness (QED) is 0.648. The van der Waals surface area contributed by atoms with Gasteiger partial charge in [0, 0.05) is 5.56 Å². The second-order valence-electron chi connectivity index (χ2n) is 6.95. The van der Waals surface area contributed by atoms with Crippen molar-refractivity contribution in [3.05, 3.63) is 15.0 Å². The summed E-state index contributed by atoms with van der Waals surface area (Å²) in [5, 5.41) is 4.37. The van der Waals surface area contributed by atoms with E-state index in [4.69, 9.17) is 4.74 Å². The van der Waals surface area contributed by atoms with E-state index in [-0.39, 0.29) is 11.5 Å². The zero-order chi connectivity index (χ0) is 14.4. The Morgan fingerprint density at radius 3 is 2.63 bits per heavy atom. The molecule has 0 atom stereocenters. The van der Waals surface area contributed by atoms with Crippen molar-refractivity contribution in [3.8, 4) is 0 Å². The highest BCUT2D eigenvalue weighted by atomic mass is 127. The number of nitrogens with zero attached hydrogens (tertiary/aromatic N) is 2. The normalized spacial score (nSPS) is 18.0. The second-order valence-corrected chi connectivity index (χ2v) is 7.97. The van der Waals surface area contributed by atoms with Gasteiger partial charge >= 0.3 is 6.09 Å². The van der Waals surface area contributed by atoms with Crippen LogP contribution in [0.15, 0.2) is 0 Å². The zero-order valence-electron chi connectivity index (χ0n) is 12.2. The molecule has 1 aromatic heterocycles. The molecule has 0 aromatic carbocycles. The first-order valence-electron chi connectivity index (χ1n) is 6.59. The van der Waals surface area contributed by atoms with Crippen LogP contribution in [0.5, 0.6) is 0 Å². The molecule has 0 saturated carbocycles. The number of halogens is 1. The van der Waals surface area contributed by atoms with E-state index in [9.17, 15) is 4.79 Å². The summed E-state index contributed by atoms with van der Waals surface area (Å²) in [6.45, 7) is 10.1. The summed E-state index contributed by atoms with van der Waals surface area (Å²) in [6.07, 6.45) is 2.63. The van der Waals surface area contributed by atoms with Gasteiger partial charge in [-0.1, -0.05) is 13.8 Å². The lowest BCUT2D eigenvalue weighted by Gasteiger charge is -2.30. The van der Waals surface area contributed by atoms with Crippen molar-refractivity contribution >= 4 is 28.7 Å². The summed E-state index contributed by atoms with van der Waals surface area (Å²) < 4.78 is 7.82. The van der Waals surface area contributed by atoms with Gasteiger partial charge in [0.2, 0.25) is 0 Å². The Hall–Kier alpha value is -0.590. The molecular formula is C14H21IN2O2. The van der Waals surface area contributed by atoms with Gasteiger partial charge in [-0.05, 0) is 68.0 Å². The first kappa shape index (κ1) is 14.8. The highest BCUT2D eigenvalue weighted by Crippen LogP contribution is 2.36. The molecule has 0 saturated heterocycles. The van der Waals surface area contributed by atoms with Crippen molar-refractivity contribution in [2.45, 2.75) is 59.5 Å². The fraction of sp³-hybridized carbons (Fsp3) is 0.714. The monoisotopic (exact) mass is 376 g/mol. The second kappa shape index (κ2) is 4.75. The van der Waals surface area contributed by atoms with Crippen LogP contribution in [0.4, 0.5) is 4.79 Å². The van der Waals surface area contributed by atoms with E-state index in [1.165, 1.54) is 10.2 Å². The number of rotatable bonds is 0. The topological polar surface area (TPSA) is 44.1 Å². The largest absolute Gasteiger partial charge is 0.442 e. The lowest BCUT2D eigenvalue weighted by atomic mass is 9.77. The summed E-state index contributed by atoms with van der Waals surface area (Å²) in [6, 6.07) is 0. The van der Waals surface area contributed by atoms with Crippen molar-refractivity contribution in [2.24, 2.45) is 5.41 Å². The van der Waals surface area contributed by atoms with Crippen LogP contribution in [0.1, 0.15) is 52.3 Å². The smallest absolute Gasteiger partial charge is 0.435 e. The van der Waals surface area contributed by atoms with Gasteiger partial charge in [-0.25, -0.2) is 4.79 Å². The van der Waals surface area contributed by atoms with E-state index in [1.807, 2.05) is 20.8 Å². The van der Waals surface area contributed by atoms with Crippen molar-refractivity contribution in [2.75, 3.05) is 0 Å². The Kier molecular flexibility index (Phi) is 3.70. The van der Waals surface area contributed by atoms with Crippen LogP contribution in [0.3, 0.4) is 0 Å². The molecule has 0 amide bonds. The molecule has 0 fully saturated rings. The fourth-order valence-corrected chi connectivity index (χ4v) is 3.14. The van der Waals surface area contributed by atoms with E-state index in [0.717, 1.165) is 28.7 Å². The van der Waals surface area contributed by atoms with Crippen LogP contribution in [0.25, 0.3) is 0 Å². The molecule has 1 heterocycles. The third-order valence-corrected chi connectivity index (χ3v) is 4.17.